The topological polar surface area (TPSA) is 107 Å². The zero-order valence-corrected chi connectivity index (χ0v) is 12.0. The quantitative estimate of drug-likeness (QED) is 0.307. The molecule has 7 nitrogen and oxygen atoms in total. The predicted molar refractivity (Wildman–Crippen MR) is 60.2 cm³/mol. The number of rotatable bonds is 7. The third-order valence-corrected chi connectivity index (χ3v) is 4.83. The van der Waals surface area contributed by atoms with Crippen molar-refractivity contribution in [2.75, 3.05) is 19.0 Å². The average Bonchev–Trinajstić information content (AvgIpc) is 2.63. The van der Waals surface area contributed by atoms with E-state index in [1.807, 2.05) is 0 Å². The Morgan fingerprint density at radius 2 is 1.86 bits per heavy atom. The first-order chi connectivity index (χ1) is 9.29. The molecule has 0 radical (unpaired) electrons. The molecule has 1 aliphatic rings. The Kier molecular flexibility index (Phi) is 5.25. The van der Waals surface area contributed by atoms with E-state index in [1.54, 1.807) is 0 Å². The summed E-state index contributed by atoms with van der Waals surface area (Å²) < 4.78 is 111. The van der Waals surface area contributed by atoms with E-state index in [0.717, 1.165) is 0 Å². The van der Waals surface area contributed by atoms with Crippen LogP contribution < -0.4 is 0 Å². The van der Waals surface area contributed by atoms with Crippen molar-refractivity contribution >= 4 is 20.2 Å². The van der Waals surface area contributed by atoms with Gasteiger partial charge in [-0.2, -0.15) is 34.4 Å². The Morgan fingerprint density at radius 1 is 1.29 bits per heavy atom. The van der Waals surface area contributed by atoms with E-state index < -0.39 is 57.2 Å². The maximum Gasteiger partial charge on any atom is 0.431 e. The molecule has 1 rings (SSSR count). The van der Waals surface area contributed by atoms with Crippen molar-refractivity contribution in [3.05, 3.63) is 0 Å². The summed E-state index contributed by atoms with van der Waals surface area (Å²) >= 11 is 0. The highest BCUT2D eigenvalue weighted by Crippen LogP contribution is 2.40. The SMILES string of the molecule is O=S1(=O)CCC(COCCC(F)(F)C(F)(F)S(=O)(=O)O)O1. The molecular weight excluding hydrogens is 348 g/mol. The van der Waals surface area contributed by atoms with Crippen molar-refractivity contribution < 1.29 is 47.9 Å². The van der Waals surface area contributed by atoms with Crippen molar-refractivity contribution in [3.8, 4) is 0 Å². The van der Waals surface area contributed by atoms with Crippen molar-refractivity contribution in [1.82, 2.24) is 0 Å². The molecule has 0 bridgehead atoms. The first kappa shape index (κ1) is 18.5. The Hall–Kier alpha value is -0.500. The van der Waals surface area contributed by atoms with Gasteiger partial charge >= 0.3 is 21.3 Å². The summed E-state index contributed by atoms with van der Waals surface area (Å²) in [7, 11) is -9.94. The molecule has 0 spiro atoms. The van der Waals surface area contributed by atoms with E-state index >= 15 is 0 Å². The standard InChI is InChI=1S/C8H12F4O7S2/c9-7(10,8(11,12)21(15,16)17)2-3-18-5-6-1-4-20(13,14)19-6/h6H,1-5H2,(H,15,16,17). The minimum atomic E-state index is -6.27. The fourth-order valence-corrected chi connectivity index (χ4v) is 3.13. The molecule has 0 aliphatic carbocycles. The van der Waals surface area contributed by atoms with Gasteiger partial charge in [0.25, 0.3) is 10.1 Å². The van der Waals surface area contributed by atoms with Crippen LogP contribution in [-0.4, -0.2) is 57.6 Å². The highest BCUT2D eigenvalue weighted by molar-refractivity contribution is 7.87. The number of alkyl halides is 4. The van der Waals surface area contributed by atoms with Crippen molar-refractivity contribution in [3.63, 3.8) is 0 Å². The van der Waals surface area contributed by atoms with Gasteiger partial charge in [-0.25, -0.2) is 0 Å². The highest BCUT2D eigenvalue weighted by Gasteiger charge is 2.65. The first-order valence-electron chi connectivity index (χ1n) is 5.50. The number of halogens is 4. The lowest BCUT2D eigenvalue weighted by Crippen LogP contribution is -2.47. The van der Waals surface area contributed by atoms with Crippen molar-refractivity contribution in [2.24, 2.45) is 0 Å². The van der Waals surface area contributed by atoms with E-state index in [2.05, 4.69) is 8.92 Å². The molecule has 1 N–H and O–H groups in total. The van der Waals surface area contributed by atoms with Crippen LogP contribution in [0.1, 0.15) is 12.8 Å². The molecular formula is C8H12F4O7S2. The summed E-state index contributed by atoms with van der Waals surface area (Å²) in [6, 6.07) is 0. The molecule has 1 unspecified atom stereocenters. The van der Waals surface area contributed by atoms with Crippen LogP contribution in [0.3, 0.4) is 0 Å². The van der Waals surface area contributed by atoms with Gasteiger partial charge in [0.2, 0.25) is 0 Å². The van der Waals surface area contributed by atoms with Crippen LogP contribution in [0.25, 0.3) is 0 Å². The van der Waals surface area contributed by atoms with E-state index in [4.69, 9.17) is 4.55 Å². The minimum absolute atomic E-state index is 0.0694. The molecule has 1 fully saturated rings. The van der Waals surface area contributed by atoms with E-state index in [0.29, 0.717) is 0 Å². The van der Waals surface area contributed by atoms with Gasteiger partial charge in [-0.05, 0) is 6.42 Å². The third kappa shape index (κ3) is 4.48. The van der Waals surface area contributed by atoms with Gasteiger partial charge in [0, 0.05) is 6.42 Å². The maximum atomic E-state index is 13.0. The lowest BCUT2D eigenvalue weighted by molar-refractivity contribution is -0.171. The van der Waals surface area contributed by atoms with Gasteiger partial charge in [-0.3, -0.25) is 8.74 Å². The normalized spacial score (nSPS) is 23.4. The fraction of sp³-hybridized carbons (Fsp3) is 1.00. The van der Waals surface area contributed by atoms with E-state index in [9.17, 15) is 34.4 Å². The van der Waals surface area contributed by atoms with Crippen LogP contribution in [0, 0.1) is 0 Å². The zero-order chi connectivity index (χ0) is 16.5. The van der Waals surface area contributed by atoms with Crippen LogP contribution in [0.15, 0.2) is 0 Å². The van der Waals surface area contributed by atoms with E-state index in [1.165, 1.54) is 0 Å². The zero-order valence-electron chi connectivity index (χ0n) is 10.3. The predicted octanol–water partition coefficient (Wildman–Crippen LogP) is 0.628. The molecule has 0 saturated carbocycles. The monoisotopic (exact) mass is 360 g/mol. The van der Waals surface area contributed by atoms with Crippen LogP contribution in [0.5, 0.6) is 0 Å². The molecule has 21 heavy (non-hydrogen) atoms. The molecule has 0 aromatic rings. The molecule has 1 heterocycles. The molecule has 0 amide bonds. The van der Waals surface area contributed by atoms with Gasteiger partial charge in [0.15, 0.2) is 0 Å². The fourth-order valence-electron chi connectivity index (χ4n) is 1.44. The van der Waals surface area contributed by atoms with Gasteiger partial charge < -0.3 is 4.74 Å². The largest absolute Gasteiger partial charge is 0.431 e. The Labute approximate surface area is 118 Å². The van der Waals surface area contributed by atoms with Gasteiger partial charge in [0.1, 0.15) is 6.10 Å². The highest BCUT2D eigenvalue weighted by atomic mass is 32.2. The Balaban J connectivity index is 2.45. The summed E-state index contributed by atoms with van der Waals surface area (Å²) in [6.45, 7) is -1.40. The van der Waals surface area contributed by atoms with Crippen LogP contribution >= 0.6 is 0 Å². The summed E-state index contributed by atoms with van der Waals surface area (Å²) in [4.78, 5) is 0. The number of hydrogen-bond donors (Lipinski definition) is 1. The Bertz CT molecular complexity index is 571. The number of ether oxygens (including phenoxy) is 1. The van der Waals surface area contributed by atoms with Gasteiger partial charge in [0.05, 0.1) is 19.0 Å². The molecule has 0 aromatic heterocycles. The first-order valence-corrected chi connectivity index (χ1v) is 8.52. The molecule has 13 heteroatoms. The second kappa shape index (κ2) is 5.95. The molecule has 1 aliphatic heterocycles. The average molecular weight is 360 g/mol. The minimum Gasteiger partial charge on any atom is -0.378 e. The number of hydrogen-bond acceptors (Lipinski definition) is 6. The molecule has 0 aromatic carbocycles. The second-order valence-electron chi connectivity index (χ2n) is 4.29. The molecule has 1 atom stereocenters. The molecule has 126 valence electrons. The van der Waals surface area contributed by atoms with E-state index in [-0.39, 0.29) is 12.2 Å². The van der Waals surface area contributed by atoms with Gasteiger partial charge in [-0.15, -0.1) is 0 Å². The van der Waals surface area contributed by atoms with Crippen molar-refractivity contribution in [1.29, 1.82) is 0 Å². The summed E-state index contributed by atoms with van der Waals surface area (Å²) in [5, 5.41) is -5.64. The van der Waals surface area contributed by atoms with Crippen molar-refractivity contribution in [2.45, 2.75) is 30.1 Å². The van der Waals surface area contributed by atoms with Crippen LogP contribution in [-0.2, 0) is 29.2 Å². The summed E-state index contributed by atoms with van der Waals surface area (Å²) in [5.41, 5.74) is 0. The van der Waals surface area contributed by atoms with Crippen LogP contribution in [0.2, 0.25) is 0 Å². The lowest BCUT2D eigenvalue weighted by Gasteiger charge is -2.23. The second-order valence-corrected chi connectivity index (χ2v) is 7.47. The summed E-state index contributed by atoms with van der Waals surface area (Å²) in [6.07, 6.45) is -2.51. The lowest BCUT2D eigenvalue weighted by atomic mass is 10.2. The summed E-state index contributed by atoms with van der Waals surface area (Å²) in [5.74, 6) is -5.30. The molecule has 1 saturated heterocycles. The third-order valence-electron chi connectivity index (χ3n) is 2.59. The maximum absolute atomic E-state index is 13.0. The smallest absolute Gasteiger partial charge is 0.378 e. The Morgan fingerprint density at radius 3 is 2.29 bits per heavy atom. The van der Waals surface area contributed by atoms with Crippen LogP contribution in [0.4, 0.5) is 17.6 Å². The van der Waals surface area contributed by atoms with Gasteiger partial charge in [-0.1, -0.05) is 0 Å².